The van der Waals surface area contributed by atoms with Gasteiger partial charge in [0, 0.05) is 19.7 Å². The molecule has 124 valence electrons. The Hall–Kier alpha value is -0.0800. The highest BCUT2D eigenvalue weighted by atomic mass is 16.5. The van der Waals surface area contributed by atoms with E-state index >= 15 is 0 Å². The van der Waals surface area contributed by atoms with Gasteiger partial charge in [0.2, 0.25) is 0 Å². The molecule has 2 rings (SSSR count). The third-order valence-electron chi connectivity index (χ3n) is 6.33. The molecule has 1 saturated carbocycles. The Morgan fingerprint density at radius 1 is 1.05 bits per heavy atom. The van der Waals surface area contributed by atoms with Crippen molar-refractivity contribution in [1.82, 2.24) is 4.90 Å². The third kappa shape index (κ3) is 4.22. The van der Waals surface area contributed by atoms with Crippen molar-refractivity contribution in [3.8, 4) is 0 Å². The molecule has 6 atom stereocenters. The average Bonchev–Trinajstić information content (AvgIpc) is 2.43. The fourth-order valence-electron chi connectivity index (χ4n) is 4.95. The second-order valence-electron chi connectivity index (χ2n) is 8.41. The molecule has 0 aromatic heterocycles. The monoisotopic (exact) mass is 295 g/mol. The van der Waals surface area contributed by atoms with Crippen LogP contribution in [0.2, 0.25) is 0 Å². The lowest BCUT2D eigenvalue weighted by Crippen LogP contribution is -2.49. The highest BCUT2D eigenvalue weighted by Crippen LogP contribution is 2.43. The number of rotatable bonds is 4. The van der Waals surface area contributed by atoms with E-state index in [4.69, 9.17) is 4.74 Å². The number of ether oxygens (including phenoxy) is 1. The third-order valence-corrected chi connectivity index (χ3v) is 6.33. The molecule has 2 nitrogen and oxygen atoms in total. The van der Waals surface area contributed by atoms with Crippen LogP contribution in [-0.4, -0.2) is 37.7 Å². The Balaban J connectivity index is 2.00. The Kier molecular flexibility index (Phi) is 6.14. The molecular weight excluding hydrogens is 258 g/mol. The van der Waals surface area contributed by atoms with E-state index in [1.807, 2.05) is 7.11 Å². The Morgan fingerprint density at radius 2 is 1.76 bits per heavy atom. The second-order valence-corrected chi connectivity index (χ2v) is 8.41. The molecular formula is C19H37NO. The first-order valence-electron chi connectivity index (χ1n) is 9.15. The van der Waals surface area contributed by atoms with Gasteiger partial charge in [-0.1, -0.05) is 27.7 Å². The number of hydrogen-bond acceptors (Lipinski definition) is 2. The maximum atomic E-state index is 5.68. The van der Waals surface area contributed by atoms with Crippen molar-refractivity contribution in [3.05, 3.63) is 0 Å². The van der Waals surface area contributed by atoms with E-state index in [1.165, 1.54) is 38.6 Å². The van der Waals surface area contributed by atoms with E-state index in [2.05, 4.69) is 39.6 Å². The minimum Gasteiger partial charge on any atom is -0.381 e. The number of hydrogen-bond donors (Lipinski definition) is 0. The molecule has 2 aliphatic rings. The first-order valence-corrected chi connectivity index (χ1v) is 9.15. The quantitative estimate of drug-likeness (QED) is 0.760. The molecule has 0 aromatic rings. The summed E-state index contributed by atoms with van der Waals surface area (Å²) in [6.07, 6.45) is 7.16. The molecule has 0 radical (unpaired) electrons. The van der Waals surface area contributed by atoms with E-state index < -0.39 is 0 Å². The average molecular weight is 296 g/mol. The Morgan fingerprint density at radius 3 is 2.38 bits per heavy atom. The zero-order chi connectivity index (χ0) is 15.6. The summed E-state index contributed by atoms with van der Waals surface area (Å²) >= 11 is 0. The SMILES string of the molecule is COC1CCC(C)C(C2CN(C)C(CC(C)C)CC2C)C1. The zero-order valence-corrected chi connectivity index (χ0v) is 15.1. The van der Waals surface area contributed by atoms with Crippen molar-refractivity contribution >= 4 is 0 Å². The van der Waals surface area contributed by atoms with Crippen molar-refractivity contribution in [3.63, 3.8) is 0 Å². The Bertz CT molecular complexity index is 317. The summed E-state index contributed by atoms with van der Waals surface area (Å²) < 4.78 is 5.68. The normalized spacial score (nSPS) is 42.4. The van der Waals surface area contributed by atoms with Crippen molar-refractivity contribution in [1.29, 1.82) is 0 Å². The van der Waals surface area contributed by atoms with Crippen LogP contribution in [0.4, 0.5) is 0 Å². The summed E-state index contributed by atoms with van der Waals surface area (Å²) in [4.78, 5) is 2.66. The van der Waals surface area contributed by atoms with Crippen molar-refractivity contribution in [2.45, 2.75) is 71.9 Å². The van der Waals surface area contributed by atoms with E-state index in [0.29, 0.717) is 6.10 Å². The molecule has 0 N–H and O–H groups in total. The van der Waals surface area contributed by atoms with Crippen LogP contribution in [0.1, 0.15) is 59.8 Å². The van der Waals surface area contributed by atoms with Gasteiger partial charge in [-0.15, -0.1) is 0 Å². The van der Waals surface area contributed by atoms with Gasteiger partial charge in [0.25, 0.3) is 0 Å². The van der Waals surface area contributed by atoms with E-state index in [1.54, 1.807) is 0 Å². The van der Waals surface area contributed by atoms with Gasteiger partial charge in [0.05, 0.1) is 6.10 Å². The summed E-state index contributed by atoms with van der Waals surface area (Å²) in [5, 5.41) is 0. The predicted molar refractivity (Wildman–Crippen MR) is 90.4 cm³/mol. The second kappa shape index (κ2) is 7.46. The van der Waals surface area contributed by atoms with Crippen LogP contribution in [0, 0.1) is 29.6 Å². The summed E-state index contributed by atoms with van der Waals surface area (Å²) in [5.74, 6) is 4.28. The predicted octanol–water partition coefficient (Wildman–Crippen LogP) is 4.44. The van der Waals surface area contributed by atoms with Gasteiger partial charge in [-0.2, -0.15) is 0 Å². The van der Waals surface area contributed by atoms with Gasteiger partial charge in [-0.25, -0.2) is 0 Å². The van der Waals surface area contributed by atoms with Gasteiger partial charge >= 0.3 is 0 Å². The van der Waals surface area contributed by atoms with Gasteiger partial charge in [-0.05, 0) is 68.7 Å². The van der Waals surface area contributed by atoms with E-state index in [0.717, 1.165) is 35.6 Å². The zero-order valence-electron chi connectivity index (χ0n) is 15.1. The van der Waals surface area contributed by atoms with Gasteiger partial charge in [0.15, 0.2) is 0 Å². The highest BCUT2D eigenvalue weighted by Gasteiger charge is 2.40. The molecule has 21 heavy (non-hydrogen) atoms. The van der Waals surface area contributed by atoms with Crippen LogP contribution in [0.25, 0.3) is 0 Å². The largest absolute Gasteiger partial charge is 0.381 e. The van der Waals surface area contributed by atoms with Crippen LogP contribution < -0.4 is 0 Å². The standard InChI is InChI=1S/C19H37NO/c1-13(2)9-16-10-15(4)19(12-20(16)5)18-11-17(21-6)8-7-14(18)3/h13-19H,7-12H2,1-6H3. The van der Waals surface area contributed by atoms with Gasteiger partial charge in [0.1, 0.15) is 0 Å². The number of nitrogens with zero attached hydrogens (tertiary/aromatic N) is 1. The lowest BCUT2D eigenvalue weighted by atomic mass is 9.65. The molecule has 0 amide bonds. The minimum atomic E-state index is 0.511. The van der Waals surface area contributed by atoms with Crippen LogP contribution in [0.3, 0.4) is 0 Å². The first kappa shape index (κ1) is 17.3. The van der Waals surface area contributed by atoms with Crippen molar-refractivity contribution < 1.29 is 4.74 Å². The lowest BCUT2D eigenvalue weighted by Gasteiger charge is -2.48. The van der Waals surface area contributed by atoms with Crippen LogP contribution in [0.5, 0.6) is 0 Å². The fraction of sp³-hybridized carbons (Fsp3) is 1.00. The topological polar surface area (TPSA) is 12.5 Å². The lowest BCUT2D eigenvalue weighted by molar-refractivity contribution is -0.0258. The molecule has 2 heteroatoms. The first-order chi connectivity index (χ1) is 9.92. The summed E-state index contributed by atoms with van der Waals surface area (Å²) in [7, 11) is 4.25. The number of methoxy groups -OCH3 is 1. The minimum absolute atomic E-state index is 0.511. The fourth-order valence-corrected chi connectivity index (χ4v) is 4.95. The smallest absolute Gasteiger partial charge is 0.0574 e. The van der Waals surface area contributed by atoms with Gasteiger partial charge < -0.3 is 9.64 Å². The molecule has 1 saturated heterocycles. The van der Waals surface area contributed by atoms with E-state index in [-0.39, 0.29) is 0 Å². The molecule has 1 aliphatic carbocycles. The molecule has 0 spiro atoms. The van der Waals surface area contributed by atoms with Crippen LogP contribution in [-0.2, 0) is 4.74 Å². The number of likely N-dealkylation sites (tertiary alicyclic amines) is 1. The van der Waals surface area contributed by atoms with E-state index in [9.17, 15) is 0 Å². The molecule has 6 unspecified atom stereocenters. The molecule has 1 aliphatic heterocycles. The number of piperidine rings is 1. The maximum Gasteiger partial charge on any atom is 0.0574 e. The molecule has 2 fully saturated rings. The maximum absolute atomic E-state index is 5.68. The molecule has 0 bridgehead atoms. The summed E-state index contributed by atoms with van der Waals surface area (Å²) in [5.41, 5.74) is 0. The Labute approximate surface area is 132 Å². The van der Waals surface area contributed by atoms with Crippen LogP contribution >= 0.6 is 0 Å². The van der Waals surface area contributed by atoms with Gasteiger partial charge in [-0.3, -0.25) is 0 Å². The van der Waals surface area contributed by atoms with Crippen molar-refractivity contribution in [2.75, 3.05) is 20.7 Å². The van der Waals surface area contributed by atoms with Crippen molar-refractivity contribution in [2.24, 2.45) is 29.6 Å². The van der Waals surface area contributed by atoms with Crippen LogP contribution in [0.15, 0.2) is 0 Å². The molecule has 0 aromatic carbocycles. The summed E-state index contributed by atoms with van der Waals surface area (Å²) in [6, 6.07) is 0.799. The summed E-state index contributed by atoms with van der Waals surface area (Å²) in [6.45, 7) is 11.0. The highest BCUT2D eigenvalue weighted by molar-refractivity contribution is 4.91. The molecule has 1 heterocycles.